The summed E-state index contributed by atoms with van der Waals surface area (Å²) >= 11 is 0. The lowest BCUT2D eigenvalue weighted by Gasteiger charge is -2.11. The van der Waals surface area contributed by atoms with Crippen LogP contribution in [0.4, 0.5) is 0 Å². The van der Waals surface area contributed by atoms with Crippen LogP contribution in [0.15, 0.2) is 54.6 Å². The molecule has 0 bridgehead atoms. The lowest BCUT2D eigenvalue weighted by Crippen LogP contribution is -2.00. The lowest BCUT2D eigenvalue weighted by molar-refractivity contribution is 0.193. The Morgan fingerprint density at radius 1 is 1.05 bits per heavy atom. The van der Waals surface area contributed by atoms with Gasteiger partial charge in [0.05, 0.1) is 6.10 Å². The summed E-state index contributed by atoms with van der Waals surface area (Å²) in [6.07, 6.45) is -0.543. The molecule has 0 unspecified atom stereocenters. The van der Waals surface area contributed by atoms with Crippen LogP contribution in [0.5, 0.6) is 5.75 Å². The van der Waals surface area contributed by atoms with Gasteiger partial charge in [-0.2, -0.15) is 0 Å². The average molecular weight is 252 g/mol. The highest BCUT2D eigenvalue weighted by Gasteiger charge is 2.06. The molecule has 2 heteroatoms. The second-order valence-electron chi connectivity index (χ2n) is 4.17. The van der Waals surface area contributed by atoms with Crippen LogP contribution >= 0.6 is 0 Å². The average Bonchev–Trinajstić information content (AvgIpc) is 2.45. The number of hydrogen-bond acceptors (Lipinski definition) is 2. The van der Waals surface area contributed by atoms with Gasteiger partial charge in [0.1, 0.15) is 12.4 Å². The van der Waals surface area contributed by atoms with Crippen LogP contribution in [0.1, 0.15) is 24.2 Å². The van der Waals surface area contributed by atoms with Crippen molar-refractivity contribution in [2.75, 3.05) is 6.61 Å². The molecule has 0 saturated carbocycles. The molecule has 0 radical (unpaired) electrons. The van der Waals surface area contributed by atoms with Crippen molar-refractivity contribution in [3.63, 3.8) is 0 Å². The van der Waals surface area contributed by atoms with Crippen LogP contribution < -0.4 is 4.74 Å². The number of rotatable bonds is 3. The zero-order valence-electron chi connectivity index (χ0n) is 10.8. The molecule has 0 aliphatic carbocycles. The minimum absolute atomic E-state index is 0.304. The molecule has 0 spiro atoms. The van der Waals surface area contributed by atoms with Crippen molar-refractivity contribution < 1.29 is 9.84 Å². The number of ether oxygens (including phenoxy) is 1. The Bertz CT molecular complexity index is 577. The Morgan fingerprint density at radius 3 is 2.47 bits per heavy atom. The van der Waals surface area contributed by atoms with E-state index in [1.165, 1.54) is 0 Å². The third-order valence-corrected chi connectivity index (χ3v) is 2.68. The molecule has 1 N–H and O–H groups in total. The predicted octanol–water partition coefficient (Wildman–Crippen LogP) is 3.17. The van der Waals surface area contributed by atoms with Crippen molar-refractivity contribution in [3.05, 3.63) is 65.7 Å². The Hall–Kier alpha value is -2.24. The molecule has 2 rings (SSSR count). The molecule has 96 valence electrons. The third kappa shape index (κ3) is 3.87. The SMILES string of the molecule is C[C@H](O)c1ccccc1OCC#Cc1ccccc1. The summed E-state index contributed by atoms with van der Waals surface area (Å²) in [5.41, 5.74) is 1.75. The molecule has 0 aromatic heterocycles. The highest BCUT2D eigenvalue weighted by molar-refractivity contribution is 5.36. The Kier molecular flexibility index (Phi) is 4.60. The highest BCUT2D eigenvalue weighted by atomic mass is 16.5. The smallest absolute Gasteiger partial charge is 0.149 e. The van der Waals surface area contributed by atoms with Crippen molar-refractivity contribution in [2.45, 2.75) is 13.0 Å². The fraction of sp³-hybridized carbons (Fsp3) is 0.176. The maximum Gasteiger partial charge on any atom is 0.149 e. The molecule has 0 amide bonds. The van der Waals surface area contributed by atoms with Crippen LogP contribution in [0.25, 0.3) is 0 Å². The van der Waals surface area contributed by atoms with E-state index in [-0.39, 0.29) is 0 Å². The van der Waals surface area contributed by atoms with Crippen LogP contribution in [-0.4, -0.2) is 11.7 Å². The number of aliphatic hydroxyl groups is 1. The first kappa shape index (κ1) is 13.2. The molecule has 2 aromatic rings. The number of benzene rings is 2. The molecular formula is C17H16O2. The molecule has 2 nitrogen and oxygen atoms in total. The molecule has 2 aromatic carbocycles. The molecule has 0 heterocycles. The van der Waals surface area contributed by atoms with Gasteiger partial charge in [-0.3, -0.25) is 0 Å². The van der Waals surface area contributed by atoms with E-state index in [9.17, 15) is 5.11 Å². The summed E-state index contributed by atoms with van der Waals surface area (Å²) in [6.45, 7) is 2.02. The summed E-state index contributed by atoms with van der Waals surface area (Å²) in [5, 5.41) is 9.62. The first-order chi connectivity index (χ1) is 9.27. The fourth-order valence-electron chi connectivity index (χ4n) is 1.73. The zero-order chi connectivity index (χ0) is 13.5. The van der Waals surface area contributed by atoms with E-state index in [0.717, 1.165) is 11.1 Å². The van der Waals surface area contributed by atoms with Crippen LogP contribution in [0.2, 0.25) is 0 Å². The van der Waals surface area contributed by atoms with Gasteiger partial charge in [0, 0.05) is 11.1 Å². The summed E-state index contributed by atoms with van der Waals surface area (Å²) in [7, 11) is 0. The van der Waals surface area contributed by atoms with E-state index in [4.69, 9.17) is 4.74 Å². The number of aliphatic hydroxyl groups excluding tert-OH is 1. The minimum Gasteiger partial charge on any atom is -0.481 e. The van der Waals surface area contributed by atoms with E-state index in [0.29, 0.717) is 12.4 Å². The molecule has 0 fully saturated rings. The van der Waals surface area contributed by atoms with Crippen LogP contribution in [0.3, 0.4) is 0 Å². The summed E-state index contributed by atoms with van der Waals surface area (Å²) in [4.78, 5) is 0. The standard InChI is InChI=1S/C17H16O2/c1-14(18)16-11-5-6-12-17(16)19-13-7-10-15-8-3-2-4-9-15/h2-6,8-9,11-12,14,18H,13H2,1H3/t14-/m0/s1. The third-order valence-electron chi connectivity index (χ3n) is 2.68. The topological polar surface area (TPSA) is 29.5 Å². The fourth-order valence-corrected chi connectivity index (χ4v) is 1.73. The summed E-state index contributed by atoms with van der Waals surface area (Å²) in [5.74, 6) is 6.67. The number of hydrogen-bond donors (Lipinski definition) is 1. The van der Waals surface area contributed by atoms with E-state index >= 15 is 0 Å². The zero-order valence-corrected chi connectivity index (χ0v) is 10.8. The van der Waals surface area contributed by atoms with Gasteiger partial charge in [-0.05, 0) is 25.1 Å². The van der Waals surface area contributed by atoms with Crippen molar-refractivity contribution in [1.82, 2.24) is 0 Å². The molecule has 0 aliphatic heterocycles. The van der Waals surface area contributed by atoms with Gasteiger partial charge in [-0.25, -0.2) is 0 Å². The van der Waals surface area contributed by atoms with Crippen molar-refractivity contribution in [3.8, 4) is 17.6 Å². The van der Waals surface area contributed by atoms with Crippen LogP contribution in [-0.2, 0) is 0 Å². The summed E-state index contributed by atoms with van der Waals surface area (Å²) < 4.78 is 5.59. The highest BCUT2D eigenvalue weighted by Crippen LogP contribution is 2.24. The first-order valence-electron chi connectivity index (χ1n) is 6.21. The van der Waals surface area contributed by atoms with Gasteiger partial charge in [0.15, 0.2) is 0 Å². The molecule has 0 aliphatic rings. The summed E-state index contributed by atoms with van der Waals surface area (Å²) in [6, 6.07) is 17.2. The molecule has 0 saturated heterocycles. The van der Waals surface area contributed by atoms with Gasteiger partial charge in [-0.15, -0.1) is 0 Å². The van der Waals surface area contributed by atoms with Crippen molar-refractivity contribution >= 4 is 0 Å². The molecular weight excluding hydrogens is 236 g/mol. The number of para-hydroxylation sites is 1. The van der Waals surface area contributed by atoms with Gasteiger partial charge in [0.25, 0.3) is 0 Å². The lowest BCUT2D eigenvalue weighted by atomic mass is 10.1. The maximum atomic E-state index is 9.62. The van der Waals surface area contributed by atoms with Gasteiger partial charge >= 0.3 is 0 Å². The Balaban J connectivity index is 1.99. The second-order valence-corrected chi connectivity index (χ2v) is 4.17. The van der Waals surface area contributed by atoms with Gasteiger partial charge < -0.3 is 9.84 Å². The minimum atomic E-state index is -0.543. The van der Waals surface area contributed by atoms with E-state index in [2.05, 4.69) is 11.8 Å². The van der Waals surface area contributed by atoms with Crippen LogP contribution in [0, 0.1) is 11.8 Å². The van der Waals surface area contributed by atoms with E-state index < -0.39 is 6.10 Å². The normalized spacial score (nSPS) is 11.3. The van der Waals surface area contributed by atoms with Crippen molar-refractivity contribution in [2.24, 2.45) is 0 Å². The maximum absolute atomic E-state index is 9.62. The Morgan fingerprint density at radius 2 is 1.74 bits per heavy atom. The van der Waals surface area contributed by atoms with E-state index in [1.54, 1.807) is 6.92 Å². The van der Waals surface area contributed by atoms with E-state index in [1.807, 2.05) is 54.6 Å². The van der Waals surface area contributed by atoms with Gasteiger partial charge in [0.2, 0.25) is 0 Å². The monoisotopic (exact) mass is 252 g/mol. The predicted molar refractivity (Wildman–Crippen MR) is 75.9 cm³/mol. The largest absolute Gasteiger partial charge is 0.481 e. The first-order valence-corrected chi connectivity index (χ1v) is 6.21. The van der Waals surface area contributed by atoms with Gasteiger partial charge in [-0.1, -0.05) is 48.2 Å². The molecule has 1 atom stereocenters. The van der Waals surface area contributed by atoms with Crippen molar-refractivity contribution in [1.29, 1.82) is 0 Å². The Labute approximate surface area is 113 Å². The second kappa shape index (κ2) is 6.63. The molecule has 19 heavy (non-hydrogen) atoms. The quantitative estimate of drug-likeness (QED) is 0.850.